The van der Waals surface area contributed by atoms with E-state index >= 15 is 0 Å². The molecule has 2 saturated heterocycles. The van der Waals surface area contributed by atoms with E-state index in [0.717, 1.165) is 31.8 Å². The molecule has 2 unspecified atom stereocenters. The number of thioether (sulfide) groups is 8. The van der Waals surface area contributed by atoms with Gasteiger partial charge in [-0.2, -0.15) is 23.5 Å². The Kier molecular flexibility index (Phi) is 18.2. The highest BCUT2D eigenvalue weighted by Gasteiger charge is 2.21. The monoisotopic (exact) mass is 726 g/mol. The van der Waals surface area contributed by atoms with Gasteiger partial charge >= 0.3 is 11.9 Å². The van der Waals surface area contributed by atoms with Crippen molar-refractivity contribution in [3.05, 3.63) is 48.6 Å². The lowest BCUT2D eigenvalue weighted by Crippen LogP contribution is -2.28. The van der Waals surface area contributed by atoms with Crippen LogP contribution < -0.4 is 9.47 Å². The number of ether oxygens (including phenoxy) is 4. The summed E-state index contributed by atoms with van der Waals surface area (Å²) in [6, 6.07) is 7.34. The van der Waals surface area contributed by atoms with Crippen molar-refractivity contribution < 1.29 is 28.5 Å². The lowest BCUT2D eigenvalue weighted by molar-refractivity contribution is -0.145. The minimum absolute atomic E-state index is 0.224. The number of carbonyl (C=O) groups is 2. The number of carbonyl (C=O) groups excluding carboxylic acids is 2. The zero-order chi connectivity index (χ0) is 30.2. The standard InChI is InChI=1S/C28H38O6S8/c1-19(2)27(29)33-23(11-35-13-25-39-15-37-16-40-25)9-31-21-6-5-7-22(8-21)32-10-24(34-28(30)20(3)4)12-36-14-26-41-17-38-18-42-26/h5-8,23-26H,1,3,9-18H2,2,4H3. The Morgan fingerprint density at radius 2 is 1.19 bits per heavy atom. The van der Waals surface area contributed by atoms with Crippen molar-refractivity contribution >= 4 is 106 Å². The van der Waals surface area contributed by atoms with Gasteiger partial charge in [0.25, 0.3) is 0 Å². The first-order chi connectivity index (χ1) is 20.3. The van der Waals surface area contributed by atoms with E-state index in [1.165, 1.54) is 0 Å². The first-order valence-electron chi connectivity index (χ1n) is 13.2. The van der Waals surface area contributed by atoms with Crippen LogP contribution in [0.25, 0.3) is 0 Å². The average Bonchev–Trinajstić information content (AvgIpc) is 2.99. The van der Waals surface area contributed by atoms with Crippen LogP contribution in [0.1, 0.15) is 13.8 Å². The van der Waals surface area contributed by atoms with Crippen molar-refractivity contribution in [3.63, 3.8) is 0 Å². The van der Waals surface area contributed by atoms with Gasteiger partial charge in [-0.3, -0.25) is 0 Å². The molecule has 234 valence electrons. The maximum absolute atomic E-state index is 12.3. The summed E-state index contributed by atoms with van der Waals surface area (Å²) >= 11 is 15.3. The fourth-order valence-electron chi connectivity index (χ4n) is 3.21. The molecule has 6 nitrogen and oxygen atoms in total. The lowest BCUT2D eigenvalue weighted by atomic mass is 10.3. The van der Waals surface area contributed by atoms with E-state index < -0.39 is 24.1 Å². The summed E-state index contributed by atoms with van der Waals surface area (Å²) in [6.07, 6.45) is -0.808. The van der Waals surface area contributed by atoms with E-state index in [1.54, 1.807) is 43.4 Å². The van der Waals surface area contributed by atoms with Crippen molar-refractivity contribution in [1.29, 1.82) is 0 Å². The summed E-state index contributed by atoms with van der Waals surface area (Å²) < 4.78 is 24.6. The SMILES string of the molecule is C=C(C)C(=O)OC(COc1cccc(OCC(CSCC2SCSCS2)OC(=O)C(=C)C)c1)CSCC1SCSCS1. The number of esters is 2. The Labute approximate surface area is 284 Å². The van der Waals surface area contributed by atoms with Crippen molar-refractivity contribution in [3.8, 4) is 11.5 Å². The Morgan fingerprint density at radius 1 is 0.786 bits per heavy atom. The molecule has 1 aromatic carbocycles. The second-order valence-electron chi connectivity index (χ2n) is 9.19. The Hall–Kier alpha value is 0.0400. The van der Waals surface area contributed by atoms with E-state index in [2.05, 4.69) is 13.2 Å². The van der Waals surface area contributed by atoms with Crippen molar-refractivity contribution in [1.82, 2.24) is 0 Å². The highest BCUT2D eigenvalue weighted by atomic mass is 32.3. The Balaban J connectivity index is 1.51. The van der Waals surface area contributed by atoms with Crippen molar-refractivity contribution in [2.45, 2.75) is 35.2 Å². The Morgan fingerprint density at radius 3 is 1.57 bits per heavy atom. The molecule has 0 saturated carbocycles. The number of hydrogen-bond donors (Lipinski definition) is 0. The van der Waals surface area contributed by atoms with E-state index in [1.807, 2.05) is 88.8 Å². The minimum atomic E-state index is -0.410. The predicted molar refractivity (Wildman–Crippen MR) is 194 cm³/mol. The third-order valence-corrected chi connectivity index (χ3v) is 17.2. The summed E-state index contributed by atoms with van der Waals surface area (Å²) in [5, 5.41) is 4.51. The summed E-state index contributed by atoms with van der Waals surface area (Å²) in [5.41, 5.74) is 0.734. The lowest BCUT2D eigenvalue weighted by Gasteiger charge is -2.23. The number of benzene rings is 1. The summed E-state index contributed by atoms with van der Waals surface area (Å²) in [7, 11) is 0. The van der Waals surface area contributed by atoms with Gasteiger partial charge in [0.2, 0.25) is 0 Å². The quantitative estimate of drug-likeness (QED) is 0.109. The van der Waals surface area contributed by atoms with Gasteiger partial charge in [0.15, 0.2) is 0 Å². The smallest absolute Gasteiger partial charge is 0.333 e. The van der Waals surface area contributed by atoms with E-state index in [-0.39, 0.29) is 13.2 Å². The average molecular weight is 727 g/mol. The molecule has 42 heavy (non-hydrogen) atoms. The second kappa shape index (κ2) is 21.0. The fraction of sp³-hybridized carbons (Fsp3) is 0.571. The van der Waals surface area contributed by atoms with Gasteiger partial charge in [-0.15, -0.1) is 70.6 Å². The van der Waals surface area contributed by atoms with E-state index in [9.17, 15) is 9.59 Å². The van der Waals surface area contributed by atoms with Crippen molar-refractivity contribution in [2.75, 3.05) is 56.6 Å². The van der Waals surface area contributed by atoms with Crippen LogP contribution in [0.4, 0.5) is 0 Å². The number of hydrogen-bond acceptors (Lipinski definition) is 14. The molecule has 0 amide bonds. The number of rotatable bonds is 18. The molecule has 0 aliphatic carbocycles. The normalized spacial score (nSPS) is 17.6. The maximum Gasteiger partial charge on any atom is 0.333 e. The van der Waals surface area contributed by atoms with Crippen molar-refractivity contribution in [2.24, 2.45) is 0 Å². The molecule has 0 N–H and O–H groups in total. The fourth-order valence-corrected chi connectivity index (χ4v) is 15.9. The van der Waals surface area contributed by atoms with Gasteiger partial charge in [-0.05, 0) is 26.0 Å². The molecule has 2 atom stereocenters. The highest BCUT2D eigenvalue weighted by Crippen LogP contribution is 2.38. The van der Waals surface area contributed by atoms with Crippen LogP contribution in [0.3, 0.4) is 0 Å². The van der Waals surface area contributed by atoms with Gasteiger partial charge in [-0.25, -0.2) is 9.59 Å². The first kappa shape index (κ1) is 36.5. The largest absolute Gasteiger partial charge is 0.490 e. The van der Waals surface area contributed by atoms with Crippen LogP contribution in [0.5, 0.6) is 11.5 Å². The molecule has 2 heterocycles. The van der Waals surface area contributed by atoms with E-state index in [4.69, 9.17) is 18.9 Å². The third-order valence-electron chi connectivity index (χ3n) is 5.39. The molecule has 0 bridgehead atoms. The molecular formula is C28H38O6S8. The van der Waals surface area contributed by atoms with Crippen LogP contribution in [0.2, 0.25) is 0 Å². The molecule has 0 radical (unpaired) electrons. The van der Waals surface area contributed by atoms with Crippen LogP contribution >= 0.6 is 94.1 Å². The molecule has 2 aliphatic rings. The third kappa shape index (κ3) is 14.9. The highest BCUT2D eigenvalue weighted by molar-refractivity contribution is 8.33. The van der Waals surface area contributed by atoms with Gasteiger partial charge in [-0.1, -0.05) is 19.2 Å². The first-order valence-corrected chi connectivity index (χ1v) is 22.0. The molecule has 14 heteroatoms. The van der Waals surface area contributed by atoms with Gasteiger partial charge in [0.05, 0.1) is 9.16 Å². The molecule has 2 aliphatic heterocycles. The molecular weight excluding hydrogens is 689 g/mol. The van der Waals surface area contributed by atoms with Crippen LogP contribution in [0, 0.1) is 0 Å². The zero-order valence-corrected chi connectivity index (χ0v) is 30.4. The van der Waals surface area contributed by atoms with Gasteiger partial charge in [0.1, 0.15) is 36.9 Å². The molecule has 0 spiro atoms. The predicted octanol–water partition coefficient (Wildman–Crippen LogP) is 7.80. The van der Waals surface area contributed by atoms with Crippen LogP contribution in [-0.2, 0) is 19.1 Å². The summed E-state index contributed by atoms with van der Waals surface area (Å²) in [4.78, 5) is 24.5. The molecule has 3 rings (SSSR count). The molecule has 0 aromatic heterocycles. The minimum Gasteiger partial charge on any atom is -0.490 e. The van der Waals surface area contributed by atoms with Crippen LogP contribution in [0.15, 0.2) is 48.6 Å². The van der Waals surface area contributed by atoms with Crippen LogP contribution in [-0.4, -0.2) is 89.9 Å². The summed E-state index contributed by atoms with van der Waals surface area (Å²) in [5.74, 6) is 3.67. The maximum atomic E-state index is 12.3. The summed E-state index contributed by atoms with van der Waals surface area (Å²) in [6.45, 7) is 11.2. The molecule has 2 fully saturated rings. The molecule has 1 aromatic rings. The Bertz CT molecular complexity index is 941. The zero-order valence-electron chi connectivity index (χ0n) is 23.8. The topological polar surface area (TPSA) is 71.1 Å². The van der Waals surface area contributed by atoms with Gasteiger partial charge in [0, 0.05) is 60.6 Å². The second-order valence-corrected chi connectivity index (χ2v) is 20.1. The van der Waals surface area contributed by atoms with E-state index in [0.29, 0.717) is 43.3 Å². The van der Waals surface area contributed by atoms with Gasteiger partial charge < -0.3 is 18.9 Å².